The van der Waals surface area contributed by atoms with E-state index in [1.54, 1.807) is 14.1 Å². The van der Waals surface area contributed by atoms with E-state index in [-0.39, 0.29) is 23.0 Å². The number of non-ortho nitro benzene ring substituents is 1. The second-order valence-corrected chi connectivity index (χ2v) is 8.13. The number of hydrogen-bond donors (Lipinski definition) is 1. The number of hydrogen-bond acceptors (Lipinski definition) is 6. The fraction of sp³-hybridized carbons (Fsp3) is 0.562. The smallest absolute Gasteiger partial charge is 0.269 e. The quantitative estimate of drug-likeness (QED) is 0.550. The van der Waals surface area contributed by atoms with Crippen LogP contribution in [0.4, 0.5) is 5.69 Å². The molecule has 0 aliphatic carbocycles. The summed E-state index contributed by atoms with van der Waals surface area (Å²) in [6.07, 6.45) is 1.92. The number of nitro benzene ring substituents is 1. The average molecular weight is 384 g/mol. The summed E-state index contributed by atoms with van der Waals surface area (Å²) in [4.78, 5) is 24.4. The molecule has 0 radical (unpaired) electrons. The van der Waals surface area contributed by atoms with Crippen LogP contribution >= 0.6 is 0 Å². The molecule has 1 N–H and O–H groups in total. The first kappa shape index (κ1) is 20.3. The van der Waals surface area contributed by atoms with E-state index in [9.17, 15) is 23.3 Å². The summed E-state index contributed by atoms with van der Waals surface area (Å²) in [6, 6.07) is 4.01. The highest BCUT2D eigenvalue weighted by Crippen LogP contribution is 2.27. The molecule has 10 heteroatoms. The Labute approximate surface area is 153 Å². The van der Waals surface area contributed by atoms with Crippen LogP contribution in [0.15, 0.2) is 29.2 Å². The maximum absolute atomic E-state index is 13.0. The van der Waals surface area contributed by atoms with E-state index in [0.29, 0.717) is 25.9 Å². The van der Waals surface area contributed by atoms with Gasteiger partial charge in [-0.1, -0.05) is 6.42 Å². The number of sulfonamides is 1. The predicted molar refractivity (Wildman–Crippen MR) is 96.2 cm³/mol. The van der Waals surface area contributed by atoms with Crippen molar-refractivity contribution in [2.75, 3.05) is 33.7 Å². The van der Waals surface area contributed by atoms with Crippen molar-refractivity contribution in [3.8, 4) is 0 Å². The normalized spacial score (nSPS) is 18.5. The molecular weight excluding hydrogens is 360 g/mol. The first-order valence-electron chi connectivity index (χ1n) is 8.45. The number of benzene rings is 1. The highest BCUT2D eigenvalue weighted by molar-refractivity contribution is 7.89. The Balaban J connectivity index is 2.26. The predicted octanol–water partition coefficient (Wildman–Crippen LogP) is 0.816. The van der Waals surface area contributed by atoms with Crippen LogP contribution in [0.3, 0.4) is 0 Å². The van der Waals surface area contributed by atoms with Crippen molar-refractivity contribution in [1.29, 1.82) is 0 Å². The molecule has 1 atom stereocenters. The highest BCUT2D eigenvalue weighted by Gasteiger charge is 2.38. The standard InChI is InChI=1S/C16H24N4O5S/c1-17-10-12-18(2)16(21)15-5-3-4-11-19(15)26(24,25)14-8-6-13(7-9-14)20(22)23/h6-9,15,17H,3-5,10-12H2,1-2H3. The van der Waals surface area contributed by atoms with Crippen molar-refractivity contribution >= 4 is 21.6 Å². The second-order valence-electron chi connectivity index (χ2n) is 6.24. The van der Waals surface area contributed by atoms with Gasteiger partial charge in [0.1, 0.15) is 6.04 Å². The lowest BCUT2D eigenvalue weighted by Gasteiger charge is -2.35. The molecule has 26 heavy (non-hydrogen) atoms. The molecule has 0 spiro atoms. The minimum absolute atomic E-state index is 0.0410. The van der Waals surface area contributed by atoms with Gasteiger partial charge in [-0.25, -0.2) is 8.42 Å². The van der Waals surface area contributed by atoms with Gasteiger partial charge in [0.2, 0.25) is 15.9 Å². The number of carbonyl (C=O) groups is 1. The molecule has 1 aliphatic rings. The van der Waals surface area contributed by atoms with Crippen molar-refractivity contribution < 1.29 is 18.1 Å². The van der Waals surface area contributed by atoms with Gasteiger partial charge in [-0.3, -0.25) is 14.9 Å². The van der Waals surface area contributed by atoms with Crippen LogP contribution in [0.2, 0.25) is 0 Å². The van der Waals surface area contributed by atoms with Crippen molar-refractivity contribution in [3.63, 3.8) is 0 Å². The van der Waals surface area contributed by atoms with Crippen molar-refractivity contribution in [2.24, 2.45) is 0 Å². The molecule has 1 aliphatic heterocycles. The molecule has 0 saturated carbocycles. The van der Waals surface area contributed by atoms with Crippen LogP contribution in [0.25, 0.3) is 0 Å². The number of rotatable bonds is 7. The van der Waals surface area contributed by atoms with Gasteiger partial charge in [0.25, 0.3) is 5.69 Å². The Morgan fingerprint density at radius 2 is 2.00 bits per heavy atom. The maximum atomic E-state index is 13.0. The minimum atomic E-state index is -3.91. The third-order valence-electron chi connectivity index (χ3n) is 4.47. The zero-order chi connectivity index (χ0) is 19.3. The fourth-order valence-electron chi connectivity index (χ4n) is 2.96. The third kappa shape index (κ3) is 4.37. The van der Waals surface area contributed by atoms with Crippen molar-refractivity contribution in [1.82, 2.24) is 14.5 Å². The zero-order valence-electron chi connectivity index (χ0n) is 14.9. The lowest BCUT2D eigenvalue weighted by molar-refractivity contribution is -0.384. The third-order valence-corrected chi connectivity index (χ3v) is 6.39. The van der Waals surface area contributed by atoms with Crippen LogP contribution in [-0.2, 0) is 14.8 Å². The number of nitrogens with one attached hydrogen (secondary N) is 1. The minimum Gasteiger partial charge on any atom is -0.343 e. The summed E-state index contributed by atoms with van der Waals surface area (Å²) >= 11 is 0. The molecule has 0 aromatic heterocycles. The SMILES string of the molecule is CNCCN(C)C(=O)C1CCCCN1S(=O)(=O)c1ccc([N+](=O)[O-])cc1. The van der Waals surface area contributed by atoms with Gasteiger partial charge in [-0.15, -0.1) is 0 Å². The fourth-order valence-corrected chi connectivity index (χ4v) is 4.61. The topological polar surface area (TPSA) is 113 Å². The Hall–Kier alpha value is -2.04. The van der Waals surface area contributed by atoms with Gasteiger partial charge in [-0.2, -0.15) is 4.31 Å². The van der Waals surface area contributed by atoms with Crippen LogP contribution in [0.5, 0.6) is 0 Å². The summed E-state index contributed by atoms with van der Waals surface area (Å²) in [5.41, 5.74) is -0.179. The molecule has 1 aromatic rings. The Morgan fingerprint density at radius 3 is 2.58 bits per heavy atom. The molecule has 1 aromatic carbocycles. The van der Waals surface area contributed by atoms with Gasteiger partial charge < -0.3 is 10.2 Å². The monoisotopic (exact) mass is 384 g/mol. The highest BCUT2D eigenvalue weighted by atomic mass is 32.2. The first-order chi connectivity index (χ1) is 12.3. The summed E-state index contributed by atoms with van der Waals surface area (Å²) in [5, 5.41) is 13.7. The number of piperidine rings is 1. The first-order valence-corrected chi connectivity index (χ1v) is 9.89. The van der Waals surface area contributed by atoms with E-state index >= 15 is 0 Å². The van der Waals surface area contributed by atoms with Gasteiger partial charge in [0.15, 0.2) is 0 Å². The summed E-state index contributed by atoms with van der Waals surface area (Å²) in [5.74, 6) is -0.231. The van der Waals surface area contributed by atoms with E-state index in [2.05, 4.69) is 5.32 Å². The lowest BCUT2D eigenvalue weighted by atomic mass is 10.0. The largest absolute Gasteiger partial charge is 0.343 e. The molecule has 1 fully saturated rings. The molecule has 0 bridgehead atoms. The van der Waals surface area contributed by atoms with E-state index < -0.39 is 21.0 Å². The van der Waals surface area contributed by atoms with Gasteiger partial charge in [0, 0.05) is 38.8 Å². The van der Waals surface area contributed by atoms with Gasteiger partial charge in [0.05, 0.1) is 9.82 Å². The number of carbonyl (C=O) groups excluding carboxylic acids is 1. The Kier molecular flexibility index (Phi) is 6.68. The molecule has 1 saturated heterocycles. The molecule has 1 amide bonds. The second kappa shape index (κ2) is 8.56. The number of amides is 1. The van der Waals surface area contributed by atoms with Crippen LogP contribution < -0.4 is 5.32 Å². The molecular formula is C16H24N4O5S. The van der Waals surface area contributed by atoms with Crippen LogP contribution in [0, 0.1) is 10.1 Å². The van der Waals surface area contributed by atoms with E-state index in [0.717, 1.165) is 18.6 Å². The Bertz CT molecular complexity index is 750. The van der Waals surface area contributed by atoms with Crippen LogP contribution in [-0.4, -0.2) is 68.2 Å². The van der Waals surface area contributed by atoms with E-state index in [1.165, 1.54) is 21.3 Å². The summed E-state index contributed by atoms with van der Waals surface area (Å²) in [6.45, 7) is 1.36. The molecule has 2 rings (SSSR count). The maximum Gasteiger partial charge on any atom is 0.269 e. The van der Waals surface area contributed by atoms with Gasteiger partial charge >= 0.3 is 0 Å². The van der Waals surface area contributed by atoms with E-state index in [4.69, 9.17) is 0 Å². The summed E-state index contributed by atoms with van der Waals surface area (Å²) < 4.78 is 27.2. The number of nitro groups is 1. The lowest BCUT2D eigenvalue weighted by Crippen LogP contribution is -2.52. The Morgan fingerprint density at radius 1 is 1.35 bits per heavy atom. The van der Waals surface area contributed by atoms with E-state index in [1.807, 2.05) is 0 Å². The molecule has 9 nitrogen and oxygen atoms in total. The van der Waals surface area contributed by atoms with Crippen molar-refractivity contribution in [3.05, 3.63) is 34.4 Å². The van der Waals surface area contributed by atoms with Crippen LogP contribution in [0.1, 0.15) is 19.3 Å². The molecule has 1 unspecified atom stereocenters. The number of likely N-dealkylation sites (N-methyl/N-ethyl adjacent to an activating group) is 2. The van der Waals surface area contributed by atoms with Crippen molar-refractivity contribution in [2.45, 2.75) is 30.2 Å². The molecule has 1 heterocycles. The zero-order valence-corrected chi connectivity index (χ0v) is 15.7. The average Bonchev–Trinajstić information content (AvgIpc) is 2.65. The number of nitrogens with zero attached hydrogens (tertiary/aromatic N) is 3. The summed E-state index contributed by atoms with van der Waals surface area (Å²) in [7, 11) is -0.465. The van der Waals surface area contributed by atoms with Gasteiger partial charge in [-0.05, 0) is 32.0 Å². The molecule has 144 valence electrons.